The molecule has 5 rings (SSSR count). The zero-order chi connectivity index (χ0) is 23.1. The second-order valence-electron chi connectivity index (χ2n) is 9.89. The Morgan fingerprint density at radius 3 is 2.33 bits per heavy atom. The minimum Gasteiger partial charge on any atom is -0.369 e. The molecule has 1 N–H and O–H groups in total. The van der Waals surface area contributed by atoms with Crippen LogP contribution in [0.4, 0.5) is 5.69 Å². The number of carbonyl (C=O) groups excluding carboxylic acids is 3. The fourth-order valence-electron chi connectivity index (χ4n) is 5.53. The summed E-state index contributed by atoms with van der Waals surface area (Å²) in [5.74, 6) is -0.291. The van der Waals surface area contributed by atoms with Gasteiger partial charge < -0.3 is 15.1 Å². The molecule has 3 fully saturated rings. The summed E-state index contributed by atoms with van der Waals surface area (Å²) in [5.41, 5.74) is 2.40. The maximum Gasteiger partial charge on any atom is 0.262 e. The molecule has 8 nitrogen and oxygen atoms in total. The number of benzene rings is 1. The molecule has 33 heavy (non-hydrogen) atoms. The van der Waals surface area contributed by atoms with Gasteiger partial charge in [0.2, 0.25) is 5.91 Å². The minimum atomic E-state index is -0.769. The van der Waals surface area contributed by atoms with Crippen LogP contribution in [-0.4, -0.2) is 91.3 Å². The van der Waals surface area contributed by atoms with Crippen LogP contribution in [0.1, 0.15) is 46.4 Å². The van der Waals surface area contributed by atoms with Gasteiger partial charge in [-0.3, -0.25) is 24.2 Å². The summed E-state index contributed by atoms with van der Waals surface area (Å²) in [7, 11) is 2.20. The summed E-state index contributed by atoms with van der Waals surface area (Å²) in [5, 5.41) is 2.68. The van der Waals surface area contributed by atoms with Gasteiger partial charge in [0.05, 0.1) is 11.1 Å². The minimum absolute atomic E-state index is 0.332. The van der Waals surface area contributed by atoms with Crippen LogP contribution in [0.15, 0.2) is 30.5 Å². The summed E-state index contributed by atoms with van der Waals surface area (Å²) < 4.78 is 0. The van der Waals surface area contributed by atoms with Crippen LogP contribution >= 0.6 is 0 Å². The van der Waals surface area contributed by atoms with Gasteiger partial charge in [0.1, 0.15) is 6.04 Å². The lowest BCUT2D eigenvalue weighted by atomic mass is 9.96. The van der Waals surface area contributed by atoms with E-state index >= 15 is 0 Å². The number of likely N-dealkylation sites (tertiary alicyclic amines) is 1. The largest absolute Gasteiger partial charge is 0.369 e. The van der Waals surface area contributed by atoms with E-state index in [1.165, 1.54) is 32.5 Å². The van der Waals surface area contributed by atoms with E-state index in [9.17, 15) is 14.4 Å². The molecule has 4 aliphatic heterocycles. The fraction of sp³-hybridized carbons (Fsp3) is 0.560. The van der Waals surface area contributed by atoms with E-state index < -0.39 is 6.04 Å². The molecule has 4 aliphatic rings. The van der Waals surface area contributed by atoms with Crippen molar-refractivity contribution in [2.24, 2.45) is 5.92 Å². The lowest BCUT2D eigenvalue weighted by Gasteiger charge is -2.39. The van der Waals surface area contributed by atoms with Gasteiger partial charge in [-0.1, -0.05) is 6.58 Å². The number of piperidine rings is 2. The third-order valence-electron chi connectivity index (χ3n) is 7.63. The highest BCUT2D eigenvalue weighted by molar-refractivity contribution is 6.23. The lowest BCUT2D eigenvalue weighted by molar-refractivity contribution is -0.125. The Kier molecular flexibility index (Phi) is 5.97. The number of rotatable bonds is 4. The van der Waals surface area contributed by atoms with E-state index in [2.05, 4.69) is 33.6 Å². The molecule has 3 amide bonds. The number of imide groups is 1. The summed E-state index contributed by atoms with van der Waals surface area (Å²) in [4.78, 5) is 46.9. The Balaban J connectivity index is 1.23. The smallest absolute Gasteiger partial charge is 0.262 e. The Labute approximate surface area is 195 Å². The van der Waals surface area contributed by atoms with Crippen molar-refractivity contribution in [3.63, 3.8) is 0 Å². The predicted molar refractivity (Wildman–Crippen MR) is 126 cm³/mol. The molecule has 0 radical (unpaired) electrons. The molecule has 0 spiro atoms. The highest BCUT2D eigenvalue weighted by Gasteiger charge is 2.44. The molecular weight excluding hydrogens is 418 g/mol. The second-order valence-corrected chi connectivity index (χ2v) is 9.89. The molecule has 3 saturated heterocycles. The quantitative estimate of drug-likeness (QED) is 0.700. The van der Waals surface area contributed by atoms with Gasteiger partial charge in [0.15, 0.2) is 0 Å². The normalized spacial score (nSPS) is 25.5. The molecule has 8 heteroatoms. The van der Waals surface area contributed by atoms with Crippen LogP contribution in [0.3, 0.4) is 0 Å². The second kappa shape index (κ2) is 8.91. The van der Waals surface area contributed by atoms with Crippen LogP contribution in [0.2, 0.25) is 0 Å². The van der Waals surface area contributed by atoms with Crippen LogP contribution in [0, 0.1) is 5.92 Å². The first-order valence-electron chi connectivity index (χ1n) is 12.1. The SMILES string of the molecule is C=C1CCC(N2C(=O)c3ccc(N4CCN(CC5CCN(C)CC5)CC4)cc3C2=O)C(=O)N1. The molecule has 4 heterocycles. The van der Waals surface area contributed by atoms with Crippen molar-refractivity contribution in [3.05, 3.63) is 41.6 Å². The Bertz CT molecular complexity index is 976. The van der Waals surface area contributed by atoms with Crippen molar-refractivity contribution < 1.29 is 14.4 Å². The molecule has 1 aromatic carbocycles. The molecule has 1 aromatic rings. The summed E-state index contributed by atoms with van der Waals surface area (Å²) >= 11 is 0. The van der Waals surface area contributed by atoms with Crippen LogP contribution in [0.25, 0.3) is 0 Å². The van der Waals surface area contributed by atoms with Gasteiger partial charge in [-0.05, 0) is 69.9 Å². The number of nitrogens with zero attached hydrogens (tertiary/aromatic N) is 4. The highest BCUT2D eigenvalue weighted by Crippen LogP contribution is 2.31. The third-order valence-corrected chi connectivity index (χ3v) is 7.63. The summed E-state index contributed by atoms with van der Waals surface area (Å²) in [6.45, 7) is 11.2. The zero-order valence-electron chi connectivity index (χ0n) is 19.4. The molecule has 0 bridgehead atoms. The standard InChI is InChI=1S/C25H33N5O3/c1-17-3-6-22(23(31)26-17)30-24(32)20-5-4-19(15-21(20)25(30)33)29-13-11-28(12-14-29)16-18-7-9-27(2)10-8-18/h4-5,15,18,22H,1,3,6-14,16H2,2H3,(H,26,31). The van der Waals surface area contributed by atoms with Crippen LogP contribution < -0.4 is 10.2 Å². The van der Waals surface area contributed by atoms with E-state index in [0.717, 1.165) is 42.7 Å². The van der Waals surface area contributed by atoms with Gasteiger partial charge >= 0.3 is 0 Å². The number of carbonyl (C=O) groups is 3. The molecule has 176 valence electrons. The number of fused-ring (bicyclic) bond motifs is 1. The average molecular weight is 452 g/mol. The third kappa shape index (κ3) is 4.29. The van der Waals surface area contributed by atoms with Crippen LogP contribution in [-0.2, 0) is 4.79 Å². The van der Waals surface area contributed by atoms with Crippen molar-refractivity contribution >= 4 is 23.4 Å². The van der Waals surface area contributed by atoms with Crippen molar-refractivity contribution in [2.45, 2.75) is 31.7 Å². The van der Waals surface area contributed by atoms with Gasteiger partial charge in [-0.2, -0.15) is 0 Å². The molecule has 1 unspecified atom stereocenters. The van der Waals surface area contributed by atoms with E-state index in [0.29, 0.717) is 29.7 Å². The van der Waals surface area contributed by atoms with E-state index in [-0.39, 0.29) is 17.7 Å². The molecule has 0 aromatic heterocycles. The van der Waals surface area contributed by atoms with E-state index in [1.54, 1.807) is 6.07 Å². The maximum absolute atomic E-state index is 13.1. The Hall–Kier alpha value is -2.71. The van der Waals surface area contributed by atoms with Crippen molar-refractivity contribution in [2.75, 3.05) is 57.8 Å². The number of amides is 3. The number of hydrogen-bond acceptors (Lipinski definition) is 6. The fourth-order valence-corrected chi connectivity index (χ4v) is 5.53. The van der Waals surface area contributed by atoms with Gasteiger partial charge in [-0.25, -0.2) is 0 Å². The number of nitrogens with one attached hydrogen (secondary N) is 1. The van der Waals surface area contributed by atoms with E-state index in [1.807, 2.05) is 12.1 Å². The molecule has 0 saturated carbocycles. The topological polar surface area (TPSA) is 76.2 Å². The van der Waals surface area contributed by atoms with E-state index in [4.69, 9.17) is 0 Å². The van der Waals surface area contributed by atoms with Crippen molar-refractivity contribution in [1.29, 1.82) is 0 Å². The lowest BCUT2D eigenvalue weighted by Crippen LogP contribution is -2.51. The first-order chi connectivity index (χ1) is 15.9. The van der Waals surface area contributed by atoms with Gasteiger partial charge in [0.25, 0.3) is 11.8 Å². The summed E-state index contributed by atoms with van der Waals surface area (Å²) in [6.07, 6.45) is 3.54. The van der Waals surface area contributed by atoms with Crippen molar-refractivity contribution in [1.82, 2.24) is 20.0 Å². The Morgan fingerprint density at radius 1 is 0.939 bits per heavy atom. The monoisotopic (exact) mass is 451 g/mol. The van der Waals surface area contributed by atoms with Crippen molar-refractivity contribution in [3.8, 4) is 0 Å². The molecular formula is C25H33N5O3. The first kappa shape index (κ1) is 22.1. The average Bonchev–Trinajstić information content (AvgIpc) is 3.06. The summed E-state index contributed by atoms with van der Waals surface area (Å²) in [6, 6.07) is 4.75. The zero-order valence-corrected chi connectivity index (χ0v) is 19.4. The van der Waals surface area contributed by atoms with Crippen LogP contribution in [0.5, 0.6) is 0 Å². The number of allylic oxidation sites excluding steroid dienone is 1. The number of anilines is 1. The first-order valence-corrected chi connectivity index (χ1v) is 12.1. The number of hydrogen-bond donors (Lipinski definition) is 1. The highest BCUT2D eigenvalue weighted by atomic mass is 16.2. The van der Waals surface area contributed by atoms with Gasteiger partial charge in [0, 0.05) is 44.1 Å². The predicted octanol–water partition coefficient (Wildman–Crippen LogP) is 1.54. The van der Waals surface area contributed by atoms with Gasteiger partial charge in [-0.15, -0.1) is 0 Å². The molecule has 0 aliphatic carbocycles. The Morgan fingerprint density at radius 2 is 1.64 bits per heavy atom. The maximum atomic E-state index is 13.1. The molecule has 1 atom stereocenters. The number of piperazine rings is 1.